The fourth-order valence-electron chi connectivity index (χ4n) is 2.24. The molecule has 0 bridgehead atoms. The van der Waals surface area contributed by atoms with Crippen LogP contribution in [0.25, 0.3) is 0 Å². The van der Waals surface area contributed by atoms with Crippen molar-refractivity contribution >= 4 is 46.1 Å². The Hall–Kier alpha value is -1.15. The Labute approximate surface area is 131 Å². The number of nitrogens with two attached hydrogens (primary N) is 1. The number of anilines is 1. The number of nitrogen functional groups attached to an aromatic ring is 1. The summed E-state index contributed by atoms with van der Waals surface area (Å²) in [5.74, 6) is 0.0752. The Morgan fingerprint density at radius 3 is 3.05 bits per heavy atom. The number of nitrogens with zero attached hydrogens (tertiary/aromatic N) is 2. The van der Waals surface area contributed by atoms with Crippen LogP contribution in [-0.2, 0) is 11.3 Å². The zero-order valence-electron chi connectivity index (χ0n) is 10.6. The zero-order valence-corrected chi connectivity index (χ0v) is 13.1. The van der Waals surface area contributed by atoms with E-state index in [0.717, 1.165) is 16.3 Å². The van der Waals surface area contributed by atoms with Crippen LogP contribution >= 0.6 is 35.1 Å². The van der Waals surface area contributed by atoms with Gasteiger partial charge >= 0.3 is 0 Å². The molecule has 0 aliphatic carbocycles. The molecule has 1 aliphatic rings. The molecule has 0 aromatic carbocycles. The summed E-state index contributed by atoms with van der Waals surface area (Å²) >= 11 is 3.09. The molecule has 5 nitrogen and oxygen atoms in total. The lowest BCUT2D eigenvalue weighted by Crippen LogP contribution is -2.49. The van der Waals surface area contributed by atoms with Gasteiger partial charge in [0.1, 0.15) is 6.04 Å². The summed E-state index contributed by atoms with van der Waals surface area (Å²) in [6.07, 6.45) is 1.79. The molecule has 0 radical (unpaired) electrons. The van der Waals surface area contributed by atoms with Gasteiger partial charge in [-0.05, 0) is 11.4 Å². The first-order valence-electron chi connectivity index (χ1n) is 5.99. The van der Waals surface area contributed by atoms with Gasteiger partial charge < -0.3 is 11.1 Å². The topological polar surface area (TPSA) is 71.2 Å². The molecule has 2 aromatic heterocycles. The SMILES string of the molecule is Cl.Nc1ncc(CN2CCNC(=O)C2c2cccs2)s1. The van der Waals surface area contributed by atoms with Crippen molar-refractivity contribution in [2.45, 2.75) is 12.6 Å². The summed E-state index contributed by atoms with van der Waals surface area (Å²) in [6.45, 7) is 2.24. The van der Waals surface area contributed by atoms with Gasteiger partial charge in [-0.15, -0.1) is 35.1 Å². The Kier molecular flexibility index (Phi) is 4.98. The monoisotopic (exact) mass is 330 g/mol. The lowest BCUT2D eigenvalue weighted by molar-refractivity contribution is -0.129. The second-order valence-corrected chi connectivity index (χ2v) is 6.47. The fraction of sp³-hybridized carbons (Fsp3) is 0.333. The second kappa shape index (κ2) is 6.53. The molecule has 1 fully saturated rings. The third-order valence-electron chi connectivity index (χ3n) is 3.05. The standard InChI is InChI=1S/C12H14N4OS2.ClH/c13-12-15-6-8(19-12)7-16-4-3-14-11(17)10(16)9-2-1-5-18-9;/h1-2,5-6,10H,3-4,7H2,(H2,13,15)(H,14,17);1H. The maximum Gasteiger partial charge on any atom is 0.242 e. The molecule has 1 aliphatic heterocycles. The van der Waals surface area contributed by atoms with Gasteiger partial charge in [0, 0.05) is 35.6 Å². The van der Waals surface area contributed by atoms with E-state index in [4.69, 9.17) is 5.73 Å². The van der Waals surface area contributed by atoms with Crippen molar-refractivity contribution in [2.24, 2.45) is 0 Å². The Bertz CT molecular complexity index is 572. The first-order valence-corrected chi connectivity index (χ1v) is 7.69. The summed E-state index contributed by atoms with van der Waals surface area (Å²) < 4.78 is 0. The number of hydrogen-bond donors (Lipinski definition) is 2. The van der Waals surface area contributed by atoms with E-state index in [2.05, 4.69) is 15.2 Å². The highest BCUT2D eigenvalue weighted by Gasteiger charge is 2.31. The van der Waals surface area contributed by atoms with Gasteiger partial charge in [-0.25, -0.2) is 4.98 Å². The van der Waals surface area contributed by atoms with E-state index in [-0.39, 0.29) is 24.4 Å². The minimum Gasteiger partial charge on any atom is -0.375 e. The van der Waals surface area contributed by atoms with Crippen LogP contribution in [0.1, 0.15) is 15.8 Å². The van der Waals surface area contributed by atoms with Gasteiger partial charge in [0.05, 0.1) is 0 Å². The average molecular weight is 331 g/mol. The molecular weight excluding hydrogens is 316 g/mol. The molecular formula is C12H15ClN4OS2. The molecule has 0 spiro atoms. The van der Waals surface area contributed by atoms with Gasteiger partial charge in [0.15, 0.2) is 5.13 Å². The van der Waals surface area contributed by atoms with E-state index in [1.165, 1.54) is 11.3 Å². The Balaban J connectivity index is 0.00000147. The highest BCUT2D eigenvalue weighted by atomic mass is 35.5. The van der Waals surface area contributed by atoms with Crippen molar-refractivity contribution in [2.75, 3.05) is 18.8 Å². The number of carbonyl (C=O) groups is 1. The number of hydrogen-bond acceptors (Lipinski definition) is 6. The van der Waals surface area contributed by atoms with Crippen LogP contribution in [0.2, 0.25) is 0 Å². The molecule has 1 saturated heterocycles. The van der Waals surface area contributed by atoms with Crippen molar-refractivity contribution < 1.29 is 4.79 Å². The van der Waals surface area contributed by atoms with Crippen molar-refractivity contribution in [1.82, 2.24) is 15.2 Å². The van der Waals surface area contributed by atoms with Crippen molar-refractivity contribution in [3.63, 3.8) is 0 Å². The second-order valence-electron chi connectivity index (χ2n) is 4.34. The molecule has 8 heteroatoms. The average Bonchev–Trinajstić information content (AvgIpc) is 3.01. The number of thiophene rings is 1. The number of piperazine rings is 1. The van der Waals surface area contributed by atoms with Crippen LogP contribution in [0.3, 0.4) is 0 Å². The maximum absolute atomic E-state index is 12.1. The molecule has 108 valence electrons. The predicted molar refractivity (Wildman–Crippen MR) is 84.3 cm³/mol. The number of thiazole rings is 1. The van der Waals surface area contributed by atoms with E-state index in [1.54, 1.807) is 17.5 Å². The number of aromatic nitrogens is 1. The maximum atomic E-state index is 12.1. The van der Waals surface area contributed by atoms with Gasteiger partial charge in [0.2, 0.25) is 5.91 Å². The normalized spacial score (nSPS) is 19.4. The number of nitrogens with one attached hydrogen (secondary N) is 1. The number of halogens is 1. The van der Waals surface area contributed by atoms with Crippen molar-refractivity contribution in [3.05, 3.63) is 33.5 Å². The molecule has 3 rings (SSSR count). The summed E-state index contributed by atoms with van der Waals surface area (Å²) in [5, 5.41) is 5.50. The highest BCUT2D eigenvalue weighted by molar-refractivity contribution is 7.15. The van der Waals surface area contributed by atoms with E-state index in [0.29, 0.717) is 18.2 Å². The van der Waals surface area contributed by atoms with Crippen LogP contribution in [-0.4, -0.2) is 28.9 Å². The van der Waals surface area contributed by atoms with Crippen LogP contribution < -0.4 is 11.1 Å². The lowest BCUT2D eigenvalue weighted by atomic mass is 10.1. The largest absolute Gasteiger partial charge is 0.375 e. The Morgan fingerprint density at radius 2 is 2.40 bits per heavy atom. The fourth-order valence-corrected chi connectivity index (χ4v) is 3.80. The quantitative estimate of drug-likeness (QED) is 0.901. The van der Waals surface area contributed by atoms with Gasteiger partial charge in [0.25, 0.3) is 0 Å². The molecule has 0 saturated carbocycles. The summed E-state index contributed by atoms with van der Waals surface area (Å²) in [7, 11) is 0. The van der Waals surface area contributed by atoms with Gasteiger partial charge in [-0.2, -0.15) is 0 Å². The van der Waals surface area contributed by atoms with E-state index < -0.39 is 0 Å². The van der Waals surface area contributed by atoms with Crippen molar-refractivity contribution in [1.29, 1.82) is 0 Å². The third kappa shape index (κ3) is 3.12. The minimum absolute atomic E-state index is 0. The van der Waals surface area contributed by atoms with Crippen LogP contribution in [0.4, 0.5) is 5.13 Å². The minimum atomic E-state index is -0.197. The Morgan fingerprint density at radius 1 is 1.55 bits per heavy atom. The molecule has 1 atom stereocenters. The van der Waals surface area contributed by atoms with E-state index in [9.17, 15) is 4.79 Å². The smallest absolute Gasteiger partial charge is 0.242 e. The molecule has 20 heavy (non-hydrogen) atoms. The van der Waals surface area contributed by atoms with Crippen LogP contribution in [0.5, 0.6) is 0 Å². The predicted octanol–water partition coefficient (Wildman–Crippen LogP) is 1.88. The zero-order chi connectivity index (χ0) is 13.2. The molecule has 1 unspecified atom stereocenters. The van der Waals surface area contributed by atoms with Crippen LogP contribution in [0, 0.1) is 0 Å². The third-order valence-corrected chi connectivity index (χ3v) is 4.79. The first-order chi connectivity index (χ1) is 9.24. The van der Waals surface area contributed by atoms with E-state index >= 15 is 0 Å². The number of carbonyl (C=O) groups excluding carboxylic acids is 1. The summed E-state index contributed by atoms with van der Waals surface area (Å²) in [5.41, 5.74) is 5.65. The molecule has 2 aromatic rings. The first kappa shape index (κ1) is 15.2. The van der Waals surface area contributed by atoms with Gasteiger partial charge in [-0.3, -0.25) is 9.69 Å². The highest BCUT2D eigenvalue weighted by Crippen LogP contribution is 2.29. The lowest BCUT2D eigenvalue weighted by Gasteiger charge is -2.33. The summed E-state index contributed by atoms with van der Waals surface area (Å²) in [4.78, 5) is 20.5. The van der Waals surface area contributed by atoms with Gasteiger partial charge in [-0.1, -0.05) is 6.07 Å². The molecule has 1 amide bonds. The van der Waals surface area contributed by atoms with Crippen molar-refractivity contribution in [3.8, 4) is 0 Å². The molecule has 3 N–H and O–H groups in total. The number of rotatable bonds is 3. The molecule has 3 heterocycles. The number of amides is 1. The van der Waals surface area contributed by atoms with E-state index in [1.807, 2.05) is 17.5 Å². The van der Waals surface area contributed by atoms with Crippen LogP contribution in [0.15, 0.2) is 23.7 Å². The summed E-state index contributed by atoms with van der Waals surface area (Å²) in [6, 6.07) is 3.79.